The Hall–Kier alpha value is -2.63. The van der Waals surface area contributed by atoms with E-state index in [4.69, 9.17) is 11.1 Å². The summed E-state index contributed by atoms with van der Waals surface area (Å²) in [5, 5.41) is 23.0. The number of hydrogen-bond acceptors (Lipinski definition) is 4. The maximum Gasteiger partial charge on any atom is 0.174 e. The lowest BCUT2D eigenvalue weighted by atomic mass is 10.1. The molecule has 0 spiro atoms. The summed E-state index contributed by atoms with van der Waals surface area (Å²) in [6.07, 6.45) is 3.59. The van der Waals surface area contributed by atoms with Crippen molar-refractivity contribution in [2.75, 3.05) is 0 Å². The topological polar surface area (TPSA) is 112 Å². The molecule has 0 aliphatic carbocycles. The van der Waals surface area contributed by atoms with E-state index in [1.165, 1.54) is 6.08 Å². The second-order valence-electron chi connectivity index (χ2n) is 3.77. The number of nitrogens with one attached hydrogen (secondary N) is 2. The van der Waals surface area contributed by atoms with Gasteiger partial charge in [-0.05, 0) is 29.8 Å². The molecule has 0 radical (unpaired) electrons. The van der Waals surface area contributed by atoms with E-state index >= 15 is 0 Å². The minimum absolute atomic E-state index is 0.0418. The summed E-state index contributed by atoms with van der Waals surface area (Å²) in [6, 6.07) is 6.90. The van der Waals surface area contributed by atoms with Gasteiger partial charge in [-0.1, -0.05) is 12.1 Å². The number of rotatable bonds is 4. The molecule has 6 heteroatoms. The summed E-state index contributed by atoms with van der Waals surface area (Å²) in [6.45, 7) is 0. The summed E-state index contributed by atoms with van der Waals surface area (Å²) in [7, 11) is 0. The zero-order valence-electron chi connectivity index (χ0n) is 9.59. The predicted molar refractivity (Wildman–Crippen MR) is 68.2 cm³/mol. The molecule has 2 rings (SSSR count). The number of aromatic nitrogens is 3. The number of amidine groups is 1. The van der Waals surface area contributed by atoms with E-state index in [0.29, 0.717) is 18.1 Å². The lowest BCUT2D eigenvalue weighted by Crippen LogP contribution is -2.04. The lowest BCUT2D eigenvalue weighted by Gasteiger charge is -1.97. The van der Waals surface area contributed by atoms with Crippen LogP contribution in [0.4, 0.5) is 0 Å². The Kier molecular flexibility index (Phi) is 3.38. The fourth-order valence-corrected chi connectivity index (χ4v) is 1.44. The Labute approximate surface area is 104 Å². The molecule has 0 amide bonds. The van der Waals surface area contributed by atoms with Gasteiger partial charge in [-0.15, -0.1) is 0 Å². The van der Waals surface area contributed by atoms with Crippen LogP contribution in [-0.4, -0.2) is 26.1 Å². The highest BCUT2D eigenvalue weighted by Crippen LogP contribution is 2.12. The highest BCUT2D eigenvalue weighted by Gasteiger charge is 2.02. The van der Waals surface area contributed by atoms with Gasteiger partial charge in [0.25, 0.3) is 0 Å². The van der Waals surface area contributed by atoms with Crippen molar-refractivity contribution in [1.29, 1.82) is 5.41 Å². The van der Waals surface area contributed by atoms with Crippen molar-refractivity contribution >= 4 is 11.9 Å². The van der Waals surface area contributed by atoms with Crippen LogP contribution < -0.4 is 5.73 Å². The first-order chi connectivity index (χ1) is 8.63. The van der Waals surface area contributed by atoms with E-state index in [9.17, 15) is 5.11 Å². The lowest BCUT2D eigenvalue weighted by molar-refractivity contribution is 0.475. The second-order valence-corrected chi connectivity index (χ2v) is 3.77. The van der Waals surface area contributed by atoms with Gasteiger partial charge >= 0.3 is 0 Å². The van der Waals surface area contributed by atoms with Crippen molar-refractivity contribution in [3.63, 3.8) is 0 Å². The Balaban J connectivity index is 2.06. The Bertz CT molecular complexity index is 570. The highest BCUT2D eigenvalue weighted by atomic mass is 16.3. The van der Waals surface area contributed by atoms with Gasteiger partial charge in [0, 0.05) is 6.42 Å². The average molecular weight is 243 g/mol. The molecule has 0 atom stereocenters. The molecule has 0 saturated carbocycles. The number of nitrogens with zero attached hydrogens (tertiary/aromatic N) is 2. The van der Waals surface area contributed by atoms with E-state index in [1.54, 1.807) is 18.2 Å². The van der Waals surface area contributed by atoms with Crippen LogP contribution >= 0.6 is 0 Å². The molecular weight excluding hydrogens is 230 g/mol. The third-order valence-corrected chi connectivity index (χ3v) is 2.27. The molecule has 1 aromatic heterocycles. The molecule has 6 nitrogen and oxygen atoms in total. The summed E-state index contributed by atoms with van der Waals surface area (Å²) in [5.41, 5.74) is 6.21. The van der Waals surface area contributed by atoms with E-state index in [-0.39, 0.29) is 11.6 Å². The minimum Gasteiger partial charge on any atom is -0.508 e. The van der Waals surface area contributed by atoms with Crippen LogP contribution in [0.15, 0.2) is 30.3 Å². The van der Waals surface area contributed by atoms with Gasteiger partial charge in [0.05, 0.1) is 0 Å². The van der Waals surface area contributed by atoms with Gasteiger partial charge in [0.2, 0.25) is 0 Å². The van der Waals surface area contributed by atoms with Gasteiger partial charge in [-0.2, -0.15) is 5.10 Å². The van der Waals surface area contributed by atoms with Crippen LogP contribution in [0.2, 0.25) is 0 Å². The standard InChI is InChI=1S/C12H13N5O/c13-10(14)5-6-11-15-12(17-16-11)7-8-1-3-9(18)4-2-8/h1-6,18H,7H2,(H3,13,14)(H,15,16,17)/b6-5-. The van der Waals surface area contributed by atoms with Crippen molar-refractivity contribution in [1.82, 2.24) is 15.2 Å². The number of benzene rings is 1. The average Bonchev–Trinajstić information content (AvgIpc) is 2.77. The molecule has 5 N–H and O–H groups in total. The first kappa shape index (κ1) is 11.8. The quantitative estimate of drug-likeness (QED) is 0.475. The van der Waals surface area contributed by atoms with Crippen molar-refractivity contribution in [2.45, 2.75) is 6.42 Å². The Morgan fingerprint density at radius 3 is 2.78 bits per heavy atom. The molecule has 0 fully saturated rings. The van der Waals surface area contributed by atoms with Crippen LogP contribution in [0.5, 0.6) is 5.75 Å². The van der Waals surface area contributed by atoms with E-state index in [0.717, 1.165) is 5.56 Å². The molecule has 0 unspecified atom stereocenters. The summed E-state index contributed by atoms with van der Waals surface area (Å²) in [4.78, 5) is 4.23. The van der Waals surface area contributed by atoms with Crippen LogP contribution in [0.25, 0.3) is 6.08 Å². The second kappa shape index (κ2) is 5.13. The molecule has 1 heterocycles. The fourth-order valence-electron chi connectivity index (χ4n) is 1.44. The minimum atomic E-state index is -0.0418. The van der Waals surface area contributed by atoms with E-state index in [1.807, 2.05) is 12.1 Å². The Morgan fingerprint density at radius 1 is 1.39 bits per heavy atom. The maximum atomic E-state index is 9.17. The van der Waals surface area contributed by atoms with Crippen molar-refractivity contribution in [3.8, 4) is 5.75 Å². The third kappa shape index (κ3) is 3.18. The molecule has 1 aromatic carbocycles. The number of nitrogens with two attached hydrogens (primary N) is 1. The van der Waals surface area contributed by atoms with Gasteiger partial charge in [0.15, 0.2) is 5.82 Å². The third-order valence-electron chi connectivity index (χ3n) is 2.27. The SMILES string of the molecule is N=C(N)/C=C\c1n[nH]c(Cc2ccc(O)cc2)n1. The molecule has 0 bridgehead atoms. The molecule has 0 aliphatic heterocycles. The van der Waals surface area contributed by atoms with Gasteiger partial charge in [0.1, 0.15) is 17.4 Å². The van der Waals surface area contributed by atoms with Gasteiger partial charge in [-0.3, -0.25) is 10.5 Å². The first-order valence-corrected chi connectivity index (χ1v) is 5.35. The van der Waals surface area contributed by atoms with E-state index < -0.39 is 0 Å². The number of aromatic amines is 1. The fraction of sp³-hybridized carbons (Fsp3) is 0.0833. The molecule has 0 saturated heterocycles. The zero-order valence-corrected chi connectivity index (χ0v) is 9.59. The Morgan fingerprint density at radius 2 is 2.11 bits per heavy atom. The molecule has 0 aliphatic rings. The van der Waals surface area contributed by atoms with Crippen molar-refractivity contribution in [3.05, 3.63) is 47.6 Å². The molecule has 2 aromatic rings. The number of aromatic hydroxyl groups is 1. The monoisotopic (exact) mass is 243 g/mol. The van der Waals surface area contributed by atoms with Gasteiger partial charge < -0.3 is 10.8 Å². The number of phenols is 1. The van der Waals surface area contributed by atoms with Crippen LogP contribution in [0.1, 0.15) is 17.2 Å². The van der Waals surface area contributed by atoms with Crippen LogP contribution in [0, 0.1) is 5.41 Å². The number of phenolic OH excluding ortho intramolecular Hbond substituents is 1. The molecule has 92 valence electrons. The molecule has 18 heavy (non-hydrogen) atoms. The zero-order chi connectivity index (χ0) is 13.0. The maximum absolute atomic E-state index is 9.17. The van der Waals surface area contributed by atoms with Crippen molar-refractivity contribution < 1.29 is 5.11 Å². The number of H-pyrrole nitrogens is 1. The summed E-state index contributed by atoms with van der Waals surface area (Å²) < 4.78 is 0. The van der Waals surface area contributed by atoms with Crippen LogP contribution in [0.3, 0.4) is 0 Å². The van der Waals surface area contributed by atoms with Crippen molar-refractivity contribution in [2.24, 2.45) is 5.73 Å². The largest absolute Gasteiger partial charge is 0.508 e. The molecular formula is C12H13N5O. The smallest absolute Gasteiger partial charge is 0.174 e. The highest BCUT2D eigenvalue weighted by molar-refractivity contribution is 5.92. The normalized spacial score (nSPS) is 10.9. The predicted octanol–water partition coefficient (Wildman–Crippen LogP) is 1.05. The first-order valence-electron chi connectivity index (χ1n) is 5.35. The summed E-state index contributed by atoms with van der Waals surface area (Å²) in [5.74, 6) is 1.39. The number of hydrogen-bond donors (Lipinski definition) is 4. The van der Waals surface area contributed by atoms with Crippen LogP contribution in [-0.2, 0) is 6.42 Å². The summed E-state index contributed by atoms with van der Waals surface area (Å²) >= 11 is 0. The van der Waals surface area contributed by atoms with Gasteiger partial charge in [-0.25, -0.2) is 4.98 Å². The van der Waals surface area contributed by atoms with E-state index in [2.05, 4.69) is 15.2 Å².